The third-order valence-electron chi connectivity index (χ3n) is 2.39. The van der Waals surface area contributed by atoms with E-state index in [1.807, 2.05) is 0 Å². The first-order valence-electron chi connectivity index (χ1n) is 4.61. The average molecular weight is 181 g/mol. The van der Waals surface area contributed by atoms with Crippen LogP contribution in [0.3, 0.4) is 0 Å². The molecule has 0 amide bonds. The van der Waals surface area contributed by atoms with E-state index in [9.17, 15) is 0 Å². The van der Waals surface area contributed by atoms with Crippen molar-refractivity contribution in [1.82, 2.24) is 0 Å². The zero-order valence-electron chi connectivity index (χ0n) is 8.52. The van der Waals surface area contributed by atoms with E-state index in [4.69, 9.17) is 0 Å². The van der Waals surface area contributed by atoms with Crippen LogP contribution in [-0.4, -0.2) is 0 Å². The fraction of sp³-hybridized carbons (Fsp3) is 0.545. The highest BCUT2D eigenvalue weighted by molar-refractivity contribution is 7.49. The Morgan fingerprint density at radius 1 is 1.17 bits per heavy atom. The van der Waals surface area contributed by atoms with Crippen LogP contribution < -0.4 is 0 Å². The minimum Gasteiger partial charge on any atom is -0.0651 e. The van der Waals surface area contributed by atoms with Crippen LogP contribution in [-0.2, 0) is 13.1 Å². The van der Waals surface area contributed by atoms with Crippen molar-refractivity contribution in [3.63, 3.8) is 0 Å². The fourth-order valence-electron chi connectivity index (χ4n) is 1.48. The molecule has 1 heteroatoms. The minimum absolute atomic E-state index is 0.0500. The van der Waals surface area contributed by atoms with E-state index in [1.165, 1.54) is 18.4 Å². The molecule has 0 saturated carbocycles. The number of aryl methyl sites for hydroxylation is 3. The summed E-state index contributed by atoms with van der Waals surface area (Å²) in [5, 5.41) is 3.15. The average Bonchev–Trinajstić information content (AvgIpc) is 2.01. The van der Waals surface area contributed by atoms with Gasteiger partial charge in [-0.3, -0.25) is 0 Å². The van der Waals surface area contributed by atoms with Gasteiger partial charge in [-0.25, -0.2) is 0 Å². The summed E-state index contributed by atoms with van der Waals surface area (Å²) in [7, 11) is 0.0500. The van der Waals surface area contributed by atoms with Crippen molar-refractivity contribution >= 4 is 7.53 Å². The summed E-state index contributed by atoms with van der Waals surface area (Å²) in [6.07, 6.45) is 2.49. The molecule has 0 saturated heterocycles. The molecule has 0 aliphatic carbocycles. The maximum atomic E-state index is 2.38. The zero-order chi connectivity index (χ0) is 9.14. The molecule has 0 aliphatic rings. The van der Waals surface area contributed by atoms with Crippen molar-refractivity contribution in [2.45, 2.75) is 33.6 Å². The second kappa shape index (κ2) is 4.05. The molecule has 66 valence electrons. The minimum atomic E-state index is 0.0500. The van der Waals surface area contributed by atoms with Crippen LogP contribution in [0.4, 0.5) is 0 Å². The molecule has 12 heavy (non-hydrogen) atoms. The van der Waals surface area contributed by atoms with Gasteiger partial charge in [-0.05, 0) is 24.1 Å². The first kappa shape index (κ1) is 9.74. The van der Waals surface area contributed by atoms with Crippen LogP contribution in [0.25, 0.3) is 0 Å². The molecular weight excluding hydrogens is 163 g/mol. The summed E-state index contributed by atoms with van der Waals surface area (Å²) in [6, 6.07) is 4.75. The van der Waals surface area contributed by atoms with Crippen molar-refractivity contribution in [1.29, 1.82) is 0 Å². The number of hydrogen-bond acceptors (Lipinski definition) is 0. The summed E-state index contributed by atoms with van der Waals surface area (Å²) in [4.78, 5) is 0. The molecule has 0 bridgehead atoms. The summed E-state index contributed by atoms with van der Waals surface area (Å²) in [5.41, 5.74) is 1.52. The molecule has 0 N–H and O–H groups in total. The lowest BCUT2D eigenvalue weighted by molar-refractivity contribution is 0.921. The number of hydrogen-bond donors (Lipinski definition) is 0. The van der Waals surface area contributed by atoms with E-state index in [1.54, 1.807) is 10.6 Å². The molecule has 0 radical (unpaired) electrons. The SMILES string of the molecule is CCCc1cc(C)[p+](C)c(C)c1. The molecule has 1 rings (SSSR count). The third-order valence-corrected chi connectivity index (χ3v) is 4.76. The van der Waals surface area contributed by atoms with Gasteiger partial charge in [0, 0.05) is 13.8 Å². The normalized spacial score (nSPS) is 10.3. The van der Waals surface area contributed by atoms with Gasteiger partial charge >= 0.3 is 0 Å². The highest BCUT2D eigenvalue weighted by atomic mass is 31.1. The van der Waals surface area contributed by atoms with Gasteiger partial charge in [-0.1, -0.05) is 13.3 Å². The van der Waals surface area contributed by atoms with E-state index in [2.05, 4.69) is 39.6 Å². The molecule has 0 atom stereocenters. The summed E-state index contributed by atoms with van der Waals surface area (Å²) < 4.78 is 0. The molecule has 0 nitrogen and oxygen atoms in total. The molecule has 0 aromatic carbocycles. The Kier molecular flexibility index (Phi) is 3.29. The van der Waals surface area contributed by atoms with Crippen LogP contribution >= 0.6 is 7.53 Å². The molecule has 0 spiro atoms. The van der Waals surface area contributed by atoms with Crippen LogP contribution in [0.2, 0.25) is 0 Å². The Bertz CT molecular complexity index is 253. The molecule has 1 heterocycles. The van der Waals surface area contributed by atoms with E-state index in [-0.39, 0.29) is 7.53 Å². The van der Waals surface area contributed by atoms with E-state index in [0.717, 1.165) is 0 Å². The Morgan fingerprint density at radius 2 is 1.67 bits per heavy atom. The van der Waals surface area contributed by atoms with Crippen LogP contribution in [0.15, 0.2) is 12.1 Å². The van der Waals surface area contributed by atoms with E-state index >= 15 is 0 Å². The van der Waals surface area contributed by atoms with E-state index in [0.29, 0.717) is 0 Å². The Labute approximate surface area is 76.7 Å². The van der Waals surface area contributed by atoms with Gasteiger partial charge in [0.25, 0.3) is 0 Å². The summed E-state index contributed by atoms with van der Waals surface area (Å²) >= 11 is 0. The Hall–Kier alpha value is -0.350. The summed E-state index contributed by atoms with van der Waals surface area (Å²) in [5.74, 6) is 0. The Morgan fingerprint density at radius 3 is 2.08 bits per heavy atom. The van der Waals surface area contributed by atoms with Gasteiger partial charge in [0.2, 0.25) is 0 Å². The molecule has 1 aromatic heterocycles. The van der Waals surface area contributed by atoms with Crippen LogP contribution in [0.5, 0.6) is 0 Å². The first-order chi connectivity index (χ1) is 5.65. The van der Waals surface area contributed by atoms with Gasteiger partial charge in [0.15, 0.2) is 0 Å². The lowest BCUT2D eigenvalue weighted by Gasteiger charge is -1.99. The summed E-state index contributed by atoms with van der Waals surface area (Å²) in [6.45, 7) is 9.11. The highest BCUT2D eigenvalue weighted by Crippen LogP contribution is 2.33. The maximum absolute atomic E-state index is 2.38. The van der Waals surface area contributed by atoms with Crippen molar-refractivity contribution in [3.8, 4) is 0 Å². The fourth-order valence-corrected chi connectivity index (χ4v) is 2.76. The molecule has 0 fully saturated rings. The van der Waals surface area contributed by atoms with Crippen molar-refractivity contribution in [2.24, 2.45) is 6.66 Å². The first-order valence-corrected chi connectivity index (χ1v) is 6.40. The molecular formula is C11H18P+. The van der Waals surface area contributed by atoms with E-state index < -0.39 is 0 Å². The third kappa shape index (κ3) is 2.08. The predicted octanol–water partition coefficient (Wildman–Crippen LogP) is 4.06. The van der Waals surface area contributed by atoms with Gasteiger partial charge < -0.3 is 0 Å². The predicted molar refractivity (Wildman–Crippen MR) is 58.0 cm³/mol. The van der Waals surface area contributed by atoms with Gasteiger partial charge in [-0.2, -0.15) is 0 Å². The van der Waals surface area contributed by atoms with Gasteiger partial charge in [0.1, 0.15) is 24.8 Å². The largest absolute Gasteiger partial charge is 0.127 e. The van der Waals surface area contributed by atoms with Crippen LogP contribution in [0, 0.1) is 13.8 Å². The lowest BCUT2D eigenvalue weighted by atomic mass is 10.1. The highest BCUT2D eigenvalue weighted by Gasteiger charge is 2.09. The molecule has 1 aromatic rings. The van der Waals surface area contributed by atoms with Crippen molar-refractivity contribution in [3.05, 3.63) is 28.3 Å². The maximum Gasteiger partial charge on any atom is 0.127 e. The lowest BCUT2D eigenvalue weighted by Crippen LogP contribution is -1.85. The van der Waals surface area contributed by atoms with Crippen molar-refractivity contribution in [2.75, 3.05) is 0 Å². The smallest absolute Gasteiger partial charge is 0.0651 e. The topological polar surface area (TPSA) is 0 Å². The Balaban J connectivity index is 3.04. The monoisotopic (exact) mass is 181 g/mol. The second-order valence-corrected chi connectivity index (χ2v) is 5.98. The van der Waals surface area contributed by atoms with Gasteiger partial charge in [0.05, 0.1) is 0 Å². The second-order valence-electron chi connectivity index (χ2n) is 3.46. The zero-order valence-corrected chi connectivity index (χ0v) is 9.41. The van der Waals surface area contributed by atoms with Gasteiger partial charge in [-0.15, -0.1) is 0 Å². The van der Waals surface area contributed by atoms with Crippen molar-refractivity contribution < 1.29 is 0 Å². The van der Waals surface area contributed by atoms with Crippen LogP contribution in [0.1, 0.15) is 29.5 Å². The standard InChI is InChI=1S/C11H18P/c1-5-6-11-7-9(2)12(4)10(3)8-11/h7-8H,5-6H2,1-4H3/q+1. The number of rotatable bonds is 2. The molecule has 0 unspecified atom stereocenters. The quantitative estimate of drug-likeness (QED) is 0.645. The molecule has 0 aliphatic heterocycles.